The van der Waals surface area contributed by atoms with Crippen molar-refractivity contribution in [2.24, 2.45) is 5.73 Å². The Morgan fingerprint density at radius 2 is 2.15 bits per heavy atom. The number of amides is 1. The highest BCUT2D eigenvalue weighted by molar-refractivity contribution is 5.68. The maximum Gasteiger partial charge on any atom is 0.408 e. The standard InChI is InChI=1S/C8H17FN2O2/c1-8(2,3)13-7(12)11-6(4-9)5-10/h6H,4-5,10H2,1-3H3,(H,11,12)/t6-/m0/s1. The van der Waals surface area contributed by atoms with E-state index in [0.717, 1.165) is 0 Å². The van der Waals surface area contributed by atoms with E-state index in [0.29, 0.717) is 0 Å². The molecule has 3 N–H and O–H groups in total. The SMILES string of the molecule is CC(C)(C)OC(=O)N[C@H](CN)CF. The minimum atomic E-state index is -0.685. The van der Waals surface area contributed by atoms with Crippen LogP contribution in [0.15, 0.2) is 0 Å². The summed E-state index contributed by atoms with van der Waals surface area (Å²) in [6.45, 7) is 4.59. The maximum atomic E-state index is 12.1. The number of nitrogens with two attached hydrogens (primary N) is 1. The topological polar surface area (TPSA) is 64.3 Å². The van der Waals surface area contributed by atoms with E-state index in [1.807, 2.05) is 0 Å². The highest BCUT2D eigenvalue weighted by Crippen LogP contribution is 2.06. The Bertz CT molecular complexity index is 164. The first-order valence-electron chi connectivity index (χ1n) is 4.14. The minimum Gasteiger partial charge on any atom is -0.444 e. The van der Waals surface area contributed by atoms with Gasteiger partial charge in [-0.25, -0.2) is 9.18 Å². The maximum absolute atomic E-state index is 12.1. The molecule has 0 unspecified atom stereocenters. The second kappa shape index (κ2) is 5.01. The fourth-order valence-electron chi connectivity index (χ4n) is 0.635. The number of carbonyl (C=O) groups is 1. The average molecular weight is 192 g/mol. The van der Waals surface area contributed by atoms with Crippen LogP contribution >= 0.6 is 0 Å². The number of carbonyl (C=O) groups excluding carboxylic acids is 1. The van der Waals surface area contributed by atoms with E-state index < -0.39 is 24.4 Å². The van der Waals surface area contributed by atoms with Gasteiger partial charge in [0, 0.05) is 6.54 Å². The molecule has 1 amide bonds. The average Bonchev–Trinajstić information content (AvgIpc) is 1.96. The normalized spacial score (nSPS) is 13.6. The van der Waals surface area contributed by atoms with E-state index in [1.54, 1.807) is 20.8 Å². The number of hydrogen-bond donors (Lipinski definition) is 2. The summed E-state index contributed by atoms with van der Waals surface area (Å²) in [5, 5.41) is 2.31. The molecule has 0 bridgehead atoms. The summed E-state index contributed by atoms with van der Waals surface area (Å²) in [6.07, 6.45) is -0.638. The van der Waals surface area contributed by atoms with Gasteiger partial charge in [-0.05, 0) is 20.8 Å². The van der Waals surface area contributed by atoms with Crippen molar-refractivity contribution < 1.29 is 13.9 Å². The lowest BCUT2D eigenvalue weighted by Crippen LogP contribution is -2.44. The molecular formula is C8H17FN2O2. The molecule has 1 atom stereocenters. The second-order valence-corrected chi connectivity index (χ2v) is 3.73. The lowest BCUT2D eigenvalue weighted by molar-refractivity contribution is 0.0498. The smallest absolute Gasteiger partial charge is 0.408 e. The molecule has 4 nitrogen and oxygen atoms in total. The molecule has 0 aromatic carbocycles. The van der Waals surface area contributed by atoms with Gasteiger partial charge in [-0.3, -0.25) is 0 Å². The van der Waals surface area contributed by atoms with Crippen molar-refractivity contribution in [3.05, 3.63) is 0 Å². The molecule has 0 aromatic rings. The van der Waals surface area contributed by atoms with Crippen molar-refractivity contribution >= 4 is 6.09 Å². The number of nitrogens with one attached hydrogen (secondary N) is 1. The summed E-state index contributed by atoms with van der Waals surface area (Å²) >= 11 is 0. The number of ether oxygens (including phenoxy) is 1. The third-order valence-corrected chi connectivity index (χ3v) is 1.19. The van der Waals surface area contributed by atoms with Gasteiger partial charge in [0.2, 0.25) is 0 Å². The molecule has 0 saturated carbocycles. The molecule has 0 heterocycles. The summed E-state index contributed by atoms with van der Waals surface area (Å²) in [4.78, 5) is 11.0. The van der Waals surface area contributed by atoms with E-state index in [9.17, 15) is 9.18 Å². The van der Waals surface area contributed by atoms with Crippen molar-refractivity contribution in [1.29, 1.82) is 0 Å². The zero-order valence-electron chi connectivity index (χ0n) is 8.26. The van der Waals surface area contributed by atoms with Crippen LogP contribution in [-0.2, 0) is 4.74 Å². The monoisotopic (exact) mass is 192 g/mol. The summed E-state index contributed by atoms with van der Waals surface area (Å²) in [5.74, 6) is 0. The number of hydrogen-bond acceptors (Lipinski definition) is 3. The van der Waals surface area contributed by atoms with Crippen LogP contribution in [0.2, 0.25) is 0 Å². The molecule has 0 rings (SSSR count). The fraction of sp³-hybridized carbons (Fsp3) is 0.875. The Balaban J connectivity index is 3.86. The Hall–Kier alpha value is -0.840. The lowest BCUT2D eigenvalue weighted by atomic mass is 10.2. The molecule has 0 aliphatic rings. The molecule has 0 fully saturated rings. The van der Waals surface area contributed by atoms with Gasteiger partial charge in [0.25, 0.3) is 0 Å². The van der Waals surface area contributed by atoms with Gasteiger partial charge in [0.1, 0.15) is 12.3 Å². The van der Waals surface area contributed by atoms with Gasteiger partial charge in [-0.15, -0.1) is 0 Å². The van der Waals surface area contributed by atoms with Crippen molar-refractivity contribution in [3.8, 4) is 0 Å². The lowest BCUT2D eigenvalue weighted by Gasteiger charge is -2.21. The first kappa shape index (κ1) is 12.2. The molecular weight excluding hydrogens is 175 g/mol. The molecule has 0 aromatic heterocycles. The number of alkyl halides is 1. The first-order chi connectivity index (χ1) is 5.89. The Morgan fingerprint density at radius 3 is 2.46 bits per heavy atom. The largest absolute Gasteiger partial charge is 0.444 e. The summed E-state index contributed by atoms with van der Waals surface area (Å²) in [6, 6.07) is -0.658. The van der Waals surface area contributed by atoms with Crippen molar-refractivity contribution in [3.63, 3.8) is 0 Å². The molecule has 0 radical (unpaired) electrons. The van der Waals surface area contributed by atoms with Crippen molar-refractivity contribution in [2.75, 3.05) is 13.2 Å². The zero-order valence-corrected chi connectivity index (χ0v) is 8.26. The minimum absolute atomic E-state index is 0.0652. The van der Waals surface area contributed by atoms with Crippen molar-refractivity contribution in [1.82, 2.24) is 5.32 Å². The van der Waals surface area contributed by atoms with Crippen molar-refractivity contribution in [2.45, 2.75) is 32.4 Å². The number of rotatable bonds is 3. The van der Waals surface area contributed by atoms with E-state index in [-0.39, 0.29) is 6.54 Å². The third-order valence-electron chi connectivity index (χ3n) is 1.19. The predicted molar refractivity (Wildman–Crippen MR) is 48.2 cm³/mol. The van der Waals surface area contributed by atoms with E-state index >= 15 is 0 Å². The van der Waals surface area contributed by atoms with Gasteiger partial charge in [-0.2, -0.15) is 0 Å². The van der Waals surface area contributed by atoms with Crippen LogP contribution in [0.25, 0.3) is 0 Å². The van der Waals surface area contributed by atoms with Crippen LogP contribution in [0.3, 0.4) is 0 Å². The first-order valence-corrected chi connectivity index (χ1v) is 4.14. The van der Waals surface area contributed by atoms with E-state index in [4.69, 9.17) is 10.5 Å². The van der Waals surface area contributed by atoms with Gasteiger partial charge >= 0.3 is 6.09 Å². The van der Waals surface area contributed by atoms with Crippen LogP contribution < -0.4 is 11.1 Å². The zero-order chi connectivity index (χ0) is 10.5. The van der Waals surface area contributed by atoms with Crippen LogP contribution in [-0.4, -0.2) is 31.0 Å². The summed E-state index contributed by atoms with van der Waals surface area (Å²) in [7, 11) is 0. The highest BCUT2D eigenvalue weighted by Gasteiger charge is 2.18. The number of halogens is 1. The second-order valence-electron chi connectivity index (χ2n) is 3.73. The molecule has 78 valence electrons. The van der Waals surface area contributed by atoms with Crippen LogP contribution in [0.4, 0.5) is 9.18 Å². The predicted octanol–water partition coefficient (Wildman–Crippen LogP) is 0.808. The van der Waals surface area contributed by atoms with E-state index in [2.05, 4.69) is 5.32 Å². The van der Waals surface area contributed by atoms with Gasteiger partial charge in [0.05, 0.1) is 6.04 Å². The molecule has 0 aliphatic heterocycles. The van der Waals surface area contributed by atoms with Gasteiger partial charge in [-0.1, -0.05) is 0 Å². The summed E-state index contributed by atoms with van der Waals surface area (Å²) in [5.41, 5.74) is 4.62. The Kier molecular flexibility index (Phi) is 4.69. The molecule has 13 heavy (non-hydrogen) atoms. The highest BCUT2D eigenvalue weighted by atomic mass is 19.1. The van der Waals surface area contributed by atoms with Crippen LogP contribution in [0, 0.1) is 0 Å². The van der Waals surface area contributed by atoms with Crippen LogP contribution in [0.1, 0.15) is 20.8 Å². The van der Waals surface area contributed by atoms with Crippen LogP contribution in [0.5, 0.6) is 0 Å². The quantitative estimate of drug-likeness (QED) is 0.695. The summed E-state index contributed by atoms with van der Waals surface area (Å²) < 4.78 is 17.0. The van der Waals surface area contributed by atoms with Gasteiger partial charge < -0.3 is 15.8 Å². The molecule has 0 aliphatic carbocycles. The molecule has 0 spiro atoms. The molecule has 0 saturated heterocycles. The molecule has 5 heteroatoms. The van der Waals surface area contributed by atoms with E-state index in [1.165, 1.54) is 0 Å². The fourth-order valence-corrected chi connectivity index (χ4v) is 0.635. The Morgan fingerprint density at radius 1 is 1.62 bits per heavy atom. The third kappa shape index (κ3) is 6.33. The Labute approximate surface area is 77.6 Å². The van der Waals surface area contributed by atoms with Gasteiger partial charge in [0.15, 0.2) is 0 Å². The number of alkyl carbamates (subject to hydrolysis) is 1.